The molecule has 2 atom stereocenters. The molecule has 4 heterocycles. The number of benzene rings is 1. The van der Waals surface area contributed by atoms with Crippen molar-refractivity contribution in [3.8, 4) is 22.7 Å². The smallest absolute Gasteiger partial charge is 0.407 e. The molecule has 1 aliphatic heterocycles. The van der Waals surface area contributed by atoms with Crippen molar-refractivity contribution in [3.63, 3.8) is 0 Å². The third kappa shape index (κ3) is 4.97. The number of aromatic nitrogens is 4. The van der Waals surface area contributed by atoms with Crippen molar-refractivity contribution in [2.75, 3.05) is 24.5 Å². The number of para-hydroxylation sites is 1. The molecule has 0 aliphatic carbocycles. The van der Waals surface area contributed by atoms with Crippen LogP contribution in [0.1, 0.15) is 31.0 Å². The van der Waals surface area contributed by atoms with Crippen LogP contribution < -0.4 is 10.6 Å². The first-order valence-corrected chi connectivity index (χ1v) is 13.0. The Labute approximate surface area is 236 Å². The van der Waals surface area contributed by atoms with Crippen LogP contribution in [0, 0.1) is 12.7 Å². The first-order valence-electron chi connectivity index (χ1n) is 13.0. The number of phenols is 1. The third-order valence-corrected chi connectivity index (χ3v) is 7.41. The summed E-state index contributed by atoms with van der Waals surface area (Å²) in [7, 11) is 0. The van der Waals surface area contributed by atoms with Crippen molar-refractivity contribution in [1.29, 1.82) is 0 Å². The average molecular weight is 587 g/mol. The Hall–Kier alpha value is -4.75. The van der Waals surface area contributed by atoms with Gasteiger partial charge in [0.25, 0.3) is 0 Å². The Morgan fingerprint density at radius 1 is 1.14 bits per heavy atom. The summed E-state index contributed by atoms with van der Waals surface area (Å²) >= 11 is 0. The molecule has 5 rings (SSSR count). The number of hydrogen-bond acceptors (Lipinski definition) is 7. The second-order valence-corrected chi connectivity index (χ2v) is 10.2. The van der Waals surface area contributed by atoms with Gasteiger partial charge < -0.3 is 20.0 Å². The molecule has 1 saturated heterocycles. The molecule has 10 nitrogen and oxygen atoms in total. The summed E-state index contributed by atoms with van der Waals surface area (Å²) in [4.78, 5) is 40.7. The van der Waals surface area contributed by atoms with Crippen molar-refractivity contribution >= 4 is 22.9 Å². The van der Waals surface area contributed by atoms with Gasteiger partial charge in [0.05, 0.1) is 22.7 Å². The van der Waals surface area contributed by atoms with E-state index < -0.39 is 41.4 Å². The van der Waals surface area contributed by atoms with Crippen molar-refractivity contribution in [2.45, 2.75) is 38.9 Å². The van der Waals surface area contributed by atoms with E-state index in [4.69, 9.17) is 0 Å². The van der Waals surface area contributed by atoms with Crippen molar-refractivity contribution in [2.24, 2.45) is 0 Å². The van der Waals surface area contributed by atoms with Crippen LogP contribution >= 0.6 is 0 Å². The second kappa shape index (κ2) is 10.6. The number of anilines is 1. The minimum absolute atomic E-state index is 0.00416. The van der Waals surface area contributed by atoms with E-state index in [1.54, 1.807) is 17.9 Å². The lowest BCUT2D eigenvalue weighted by Crippen LogP contribution is -2.54. The van der Waals surface area contributed by atoms with E-state index in [1.807, 2.05) is 0 Å². The van der Waals surface area contributed by atoms with Crippen LogP contribution in [0.4, 0.5) is 28.2 Å². The van der Waals surface area contributed by atoms with Gasteiger partial charge in [0.15, 0.2) is 11.5 Å². The number of amides is 1. The molecule has 1 unspecified atom stereocenters. The number of aryl methyl sites for hydroxylation is 1. The van der Waals surface area contributed by atoms with Gasteiger partial charge in [-0.2, -0.15) is 18.2 Å². The summed E-state index contributed by atoms with van der Waals surface area (Å²) in [6.45, 7) is 4.41. The molecular weight excluding hydrogens is 560 g/mol. The van der Waals surface area contributed by atoms with Crippen LogP contribution in [0.15, 0.2) is 47.4 Å². The highest BCUT2D eigenvalue weighted by Gasteiger charge is 2.40. The number of pyridine rings is 2. The van der Waals surface area contributed by atoms with Crippen molar-refractivity contribution in [1.82, 2.24) is 24.4 Å². The number of fused-ring (bicyclic) bond motifs is 1. The number of phenolic OH excluding ortho intramolecular Hbond substituents is 1. The average Bonchev–Trinajstić information content (AvgIpc) is 2.92. The maximum atomic E-state index is 15.7. The standard InChI is InChI=1S/C28H26F4N6O4/c1-14-8-9-33-21(16(3)28(30,31)32)23(14)38-25-18(12-19(29)22(34-25)17-6-4-5-7-20(17)39)24(35-26(38)40)37-11-10-36(27(41)42)13-15(37)2/h4-9,12,15-16,39H,10-11,13H2,1-3H3,(H,41,42)/t15-,16?/m0/s1. The molecule has 1 fully saturated rings. The highest BCUT2D eigenvalue weighted by Crippen LogP contribution is 2.39. The summed E-state index contributed by atoms with van der Waals surface area (Å²) in [6.07, 6.45) is -4.61. The molecule has 0 bridgehead atoms. The number of nitrogens with zero attached hydrogens (tertiary/aromatic N) is 6. The highest BCUT2D eigenvalue weighted by atomic mass is 19.4. The van der Waals surface area contributed by atoms with Gasteiger partial charge >= 0.3 is 18.0 Å². The number of aromatic hydroxyl groups is 1. The first-order chi connectivity index (χ1) is 19.8. The monoisotopic (exact) mass is 586 g/mol. The molecule has 42 heavy (non-hydrogen) atoms. The van der Waals surface area contributed by atoms with Gasteiger partial charge in [-0.3, -0.25) is 4.98 Å². The fraction of sp³-hybridized carbons (Fsp3) is 0.321. The van der Waals surface area contributed by atoms with Crippen LogP contribution in [-0.4, -0.2) is 72.6 Å². The fourth-order valence-electron chi connectivity index (χ4n) is 5.17. The number of rotatable bonds is 4. The molecule has 0 radical (unpaired) electrons. The Bertz CT molecular complexity index is 1760. The van der Waals surface area contributed by atoms with E-state index in [9.17, 15) is 33.0 Å². The van der Waals surface area contributed by atoms with E-state index in [0.717, 1.165) is 17.6 Å². The van der Waals surface area contributed by atoms with Gasteiger partial charge in [0.2, 0.25) is 0 Å². The summed E-state index contributed by atoms with van der Waals surface area (Å²) in [5.41, 5.74) is -1.89. The Balaban J connectivity index is 1.85. The molecule has 14 heteroatoms. The quantitative estimate of drug-likeness (QED) is 0.325. The third-order valence-electron chi connectivity index (χ3n) is 7.41. The van der Waals surface area contributed by atoms with Gasteiger partial charge in [-0.1, -0.05) is 12.1 Å². The fourth-order valence-corrected chi connectivity index (χ4v) is 5.17. The number of carbonyl (C=O) groups is 1. The molecule has 3 aromatic heterocycles. The van der Waals surface area contributed by atoms with Crippen LogP contribution in [0.2, 0.25) is 0 Å². The summed E-state index contributed by atoms with van der Waals surface area (Å²) in [5.74, 6) is -3.24. The number of alkyl halides is 3. The number of carboxylic acid groups (broad SMARTS) is 1. The second-order valence-electron chi connectivity index (χ2n) is 10.2. The summed E-state index contributed by atoms with van der Waals surface area (Å²) in [5, 5.41) is 19.9. The number of halogens is 4. The zero-order chi connectivity index (χ0) is 30.5. The summed E-state index contributed by atoms with van der Waals surface area (Å²) in [6, 6.07) is 7.83. The lowest BCUT2D eigenvalue weighted by atomic mass is 10.0. The van der Waals surface area contributed by atoms with Crippen LogP contribution in [0.25, 0.3) is 28.0 Å². The van der Waals surface area contributed by atoms with Gasteiger partial charge in [0, 0.05) is 37.4 Å². The van der Waals surface area contributed by atoms with Gasteiger partial charge in [-0.15, -0.1) is 0 Å². The molecule has 4 aromatic rings. The van der Waals surface area contributed by atoms with Crippen molar-refractivity contribution in [3.05, 3.63) is 70.2 Å². The lowest BCUT2D eigenvalue weighted by molar-refractivity contribution is -0.147. The molecule has 220 valence electrons. The molecule has 1 aromatic carbocycles. The zero-order valence-corrected chi connectivity index (χ0v) is 22.7. The molecule has 0 spiro atoms. The Morgan fingerprint density at radius 2 is 1.86 bits per heavy atom. The lowest BCUT2D eigenvalue weighted by Gasteiger charge is -2.39. The number of hydrogen-bond donors (Lipinski definition) is 2. The van der Waals surface area contributed by atoms with Gasteiger partial charge in [-0.05, 0) is 50.6 Å². The Kier molecular flexibility index (Phi) is 7.25. The zero-order valence-electron chi connectivity index (χ0n) is 22.7. The normalized spacial score (nSPS) is 16.6. The summed E-state index contributed by atoms with van der Waals surface area (Å²) < 4.78 is 58.3. The SMILES string of the molecule is Cc1ccnc(C(C)C(F)(F)F)c1-n1c(=O)nc(N2CCN(C(=O)O)C[C@@H]2C)c2cc(F)c(-c3ccccc3O)nc21. The topological polar surface area (TPSA) is 125 Å². The minimum atomic E-state index is -4.69. The van der Waals surface area contributed by atoms with E-state index >= 15 is 4.39 Å². The van der Waals surface area contributed by atoms with Crippen LogP contribution in [-0.2, 0) is 0 Å². The maximum absolute atomic E-state index is 15.7. The first kappa shape index (κ1) is 28.8. The molecule has 2 N–H and O–H groups in total. The number of piperazine rings is 1. The van der Waals surface area contributed by atoms with Gasteiger partial charge in [-0.25, -0.2) is 23.5 Å². The minimum Gasteiger partial charge on any atom is -0.507 e. The van der Waals surface area contributed by atoms with E-state index in [-0.39, 0.29) is 64.7 Å². The van der Waals surface area contributed by atoms with Gasteiger partial charge in [0.1, 0.15) is 17.3 Å². The molecular formula is C28H26F4N6O4. The molecule has 1 aliphatic rings. The van der Waals surface area contributed by atoms with Crippen molar-refractivity contribution < 1.29 is 32.6 Å². The highest BCUT2D eigenvalue weighted by molar-refractivity contribution is 5.91. The predicted molar refractivity (Wildman–Crippen MR) is 146 cm³/mol. The van der Waals surface area contributed by atoms with E-state index in [1.165, 1.54) is 42.3 Å². The molecule has 1 amide bonds. The maximum Gasteiger partial charge on any atom is 0.407 e. The predicted octanol–water partition coefficient (Wildman–Crippen LogP) is 4.85. The molecule has 0 saturated carbocycles. The largest absolute Gasteiger partial charge is 0.507 e. The van der Waals surface area contributed by atoms with Crippen LogP contribution in [0.5, 0.6) is 5.75 Å². The van der Waals surface area contributed by atoms with E-state index in [2.05, 4.69) is 15.0 Å². The van der Waals surface area contributed by atoms with E-state index in [0.29, 0.717) is 0 Å². The van der Waals surface area contributed by atoms with Crippen LogP contribution in [0.3, 0.4) is 0 Å². The Morgan fingerprint density at radius 3 is 2.50 bits per heavy atom.